The Labute approximate surface area is 145 Å². The van der Waals surface area contributed by atoms with Gasteiger partial charge in [0.1, 0.15) is 5.92 Å². The highest BCUT2D eigenvalue weighted by atomic mass is 16.7. The summed E-state index contributed by atoms with van der Waals surface area (Å²) in [7, 11) is 0. The highest BCUT2D eigenvalue weighted by Crippen LogP contribution is 2.52. The third-order valence-electron chi connectivity index (χ3n) is 5.18. The van der Waals surface area contributed by atoms with E-state index in [2.05, 4.69) is 0 Å². The van der Waals surface area contributed by atoms with Crippen molar-refractivity contribution in [2.45, 2.75) is 26.6 Å². The van der Waals surface area contributed by atoms with E-state index in [1.54, 1.807) is 6.92 Å². The van der Waals surface area contributed by atoms with E-state index >= 15 is 0 Å². The maximum absolute atomic E-state index is 12.7. The van der Waals surface area contributed by atoms with Crippen molar-refractivity contribution in [3.8, 4) is 0 Å². The lowest BCUT2D eigenvalue weighted by molar-refractivity contribution is -0.207. The number of hydrogen-bond acceptors (Lipinski definition) is 5. The summed E-state index contributed by atoms with van der Waals surface area (Å²) in [6.45, 7) is 6.28. The molecule has 0 radical (unpaired) electrons. The first kappa shape index (κ1) is 16.1. The minimum atomic E-state index is -1.38. The Bertz CT molecular complexity index is 887. The first-order valence-electron chi connectivity index (χ1n) is 8.56. The van der Waals surface area contributed by atoms with Crippen molar-refractivity contribution in [1.29, 1.82) is 0 Å². The summed E-state index contributed by atoms with van der Waals surface area (Å²) in [5, 5.41) is 1.82. The van der Waals surface area contributed by atoms with Gasteiger partial charge in [-0.2, -0.15) is 0 Å². The van der Waals surface area contributed by atoms with E-state index in [0.29, 0.717) is 17.7 Å². The van der Waals surface area contributed by atoms with Crippen LogP contribution in [0.15, 0.2) is 30.3 Å². The van der Waals surface area contributed by atoms with Gasteiger partial charge in [-0.15, -0.1) is 0 Å². The van der Waals surface area contributed by atoms with Crippen LogP contribution in [0.4, 0.5) is 0 Å². The summed E-state index contributed by atoms with van der Waals surface area (Å²) >= 11 is 0. The number of carbonyl (C=O) groups is 2. The molecule has 1 saturated heterocycles. The topological polar surface area (TPSA) is 61.8 Å². The van der Waals surface area contributed by atoms with Crippen LogP contribution in [0.1, 0.15) is 35.3 Å². The van der Waals surface area contributed by atoms with Crippen LogP contribution in [0.5, 0.6) is 0 Å². The molecule has 2 aliphatic rings. The van der Waals surface area contributed by atoms with E-state index in [9.17, 15) is 9.59 Å². The molecular weight excluding hydrogens is 320 g/mol. The van der Waals surface area contributed by atoms with Crippen LogP contribution < -0.4 is 0 Å². The average molecular weight is 340 g/mol. The second kappa shape index (κ2) is 5.56. The smallest absolute Gasteiger partial charge is 0.342 e. The van der Waals surface area contributed by atoms with Gasteiger partial charge in [-0.25, -0.2) is 4.79 Å². The summed E-state index contributed by atoms with van der Waals surface area (Å²) in [6, 6.07) is 9.62. The molecule has 5 heteroatoms. The van der Waals surface area contributed by atoms with Crippen molar-refractivity contribution in [3.63, 3.8) is 0 Å². The monoisotopic (exact) mass is 340 g/mol. The fraction of sp³-hybridized carbons (Fsp3) is 0.400. The molecule has 3 atom stereocenters. The van der Waals surface area contributed by atoms with E-state index in [4.69, 9.17) is 14.2 Å². The van der Waals surface area contributed by atoms with Crippen LogP contribution in [0.2, 0.25) is 0 Å². The predicted molar refractivity (Wildman–Crippen MR) is 91.0 cm³/mol. The maximum Gasteiger partial charge on any atom is 0.342 e. The van der Waals surface area contributed by atoms with E-state index in [1.165, 1.54) is 0 Å². The molecule has 0 aliphatic carbocycles. The second-order valence-electron chi connectivity index (χ2n) is 6.73. The van der Waals surface area contributed by atoms with Gasteiger partial charge in [-0.05, 0) is 36.1 Å². The highest BCUT2D eigenvalue weighted by Gasteiger charge is 2.62. The lowest BCUT2D eigenvalue weighted by Gasteiger charge is -2.29. The van der Waals surface area contributed by atoms with Crippen LogP contribution in [0.25, 0.3) is 10.8 Å². The first-order valence-corrected chi connectivity index (χ1v) is 8.56. The number of fused-ring (bicyclic) bond motifs is 4. The molecule has 0 N–H and O–H groups in total. The van der Waals surface area contributed by atoms with Crippen molar-refractivity contribution in [3.05, 3.63) is 47.0 Å². The van der Waals surface area contributed by atoms with Gasteiger partial charge < -0.3 is 14.2 Å². The van der Waals surface area contributed by atoms with E-state index in [0.717, 1.165) is 16.3 Å². The molecule has 0 saturated carbocycles. The third-order valence-corrected chi connectivity index (χ3v) is 5.18. The van der Waals surface area contributed by atoms with E-state index in [1.807, 2.05) is 44.2 Å². The molecule has 3 unspecified atom stereocenters. The number of aryl methyl sites for hydroxylation is 1. The zero-order valence-electron chi connectivity index (χ0n) is 14.5. The lowest BCUT2D eigenvalue weighted by Crippen LogP contribution is -2.40. The van der Waals surface area contributed by atoms with Crippen molar-refractivity contribution in [2.75, 3.05) is 13.2 Å². The summed E-state index contributed by atoms with van der Waals surface area (Å²) < 4.78 is 16.9. The molecule has 1 fully saturated rings. The Morgan fingerprint density at radius 2 is 2.08 bits per heavy atom. The minimum Gasteiger partial charge on any atom is -0.466 e. The van der Waals surface area contributed by atoms with Crippen molar-refractivity contribution in [1.82, 2.24) is 0 Å². The Morgan fingerprint density at radius 3 is 2.84 bits per heavy atom. The van der Waals surface area contributed by atoms with Gasteiger partial charge in [-0.3, -0.25) is 4.79 Å². The number of carbonyl (C=O) groups excluding carboxylic acids is 2. The number of esters is 2. The van der Waals surface area contributed by atoms with Gasteiger partial charge in [0.25, 0.3) is 5.79 Å². The van der Waals surface area contributed by atoms with Gasteiger partial charge in [0.15, 0.2) is 0 Å². The number of benzene rings is 2. The molecule has 4 rings (SSSR count). The SMILES string of the molecule is CCOC(=O)C1C(C)COC12OC(=O)c1c2ccc2c(C)cccc12. The van der Waals surface area contributed by atoms with Crippen LogP contribution in [0.3, 0.4) is 0 Å². The molecule has 2 aromatic carbocycles. The fourth-order valence-corrected chi connectivity index (χ4v) is 4.04. The molecular formula is C20H20O5. The van der Waals surface area contributed by atoms with Crippen LogP contribution in [-0.4, -0.2) is 25.2 Å². The molecule has 25 heavy (non-hydrogen) atoms. The molecule has 0 aromatic heterocycles. The largest absolute Gasteiger partial charge is 0.466 e. The molecule has 5 nitrogen and oxygen atoms in total. The summed E-state index contributed by atoms with van der Waals surface area (Å²) in [4.78, 5) is 25.3. The van der Waals surface area contributed by atoms with Gasteiger partial charge in [-0.1, -0.05) is 37.3 Å². The fourth-order valence-electron chi connectivity index (χ4n) is 4.04. The zero-order chi connectivity index (χ0) is 17.8. The average Bonchev–Trinajstić information content (AvgIpc) is 3.06. The quantitative estimate of drug-likeness (QED) is 0.785. The number of hydrogen-bond donors (Lipinski definition) is 0. The summed E-state index contributed by atoms with van der Waals surface area (Å²) in [6.07, 6.45) is 0. The zero-order valence-corrected chi connectivity index (χ0v) is 14.5. The predicted octanol–water partition coefficient (Wildman–Crippen LogP) is 3.32. The Hall–Kier alpha value is -2.40. The van der Waals surface area contributed by atoms with E-state index < -0.39 is 23.6 Å². The molecule has 0 amide bonds. The normalized spacial score (nSPS) is 27.6. The van der Waals surface area contributed by atoms with Crippen LogP contribution >= 0.6 is 0 Å². The second-order valence-corrected chi connectivity index (χ2v) is 6.73. The summed E-state index contributed by atoms with van der Waals surface area (Å²) in [5.41, 5.74) is 2.19. The standard InChI is InChI=1S/C20H20O5/c1-4-23-19(22)17-12(3)10-24-20(17)15-9-8-13-11(2)6-5-7-14(13)16(15)18(21)25-20/h5-9,12,17H,4,10H2,1-3H3. The van der Waals surface area contributed by atoms with Crippen LogP contribution in [0, 0.1) is 18.8 Å². The van der Waals surface area contributed by atoms with E-state index in [-0.39, 0.29) is 12.5 Å². The Morgan fingerprint density at radius 1 is 1.28 bits per heavy atom. The molecule has 2 aliphatic heterocycles. The summed E-state index contributed by atoms with van der Waals surface area (Å²) in [5.74, 6) is -2.99. The third kappa shape index (κ3) is 2.12. The Kier molecular flexibility index (Phi) is 3.58. The van der Waals surface area contributed by atoms with Crippen molar-refractivity contribution >= 4 is 22.7 Å². The molecule has 130 valence electrons. The Balaban J connectivity index is 1.93. The highest BCUT2D eigenvalue weighted by molar-refractivity contribution is 6.09. The molecule has 0 bridgehead atoms. The van der Waals surface area contributed by atoms with Gasteiger partial charge in [0, 0.05) is 5.56 Å². The first-order chi connectivity index (χ1) is 12.0. The number of ether oxygens (including phenoxy) is 3. The van der Waals surface area contributed by atoms with Crippen molar-refractivity contribution < 1.29 is 23.8 Å². The molecule has 2 heterocycles. The lowest BCUT2D eigenvalue weighted by atomic mass is 9.83. The van der Waals surface area contributed by atoms with Gasteiger partial charge in [0.2, 0.25) is 0 Å². The minimum absolute atomic E-state index is 0.106. The molecule has 1 spiro atoms. The van der Waals surface area contributed by atoms with Gasteiger partial charge >= 0.3 is 11.9 Å². The van der Waals surface area contributed by atoms with Crippen LogP contribution in [-0.2, 0) is 24.8 Å². The molecule has 2 aromatic rings. The van der Waals surface area contributed by atoms with Crippen molar-refractivity contribution in [2.24, 2.45) is 11.8 Å². The van der Waals surface area contributed by atoms with Gasteiger partial charge in [0.05, 0.1) is 18.8 Å². The number of rotatable bonds is 2. The maximum atomic E-state index is 12.7.